The Labute approximate surface area is 61.1 Å². The van der Waals surface area contributed by atoms with E-state index in [1.165, 1.54) is 12.8 Å². The predicted octanol–water partition coefficient (Wildman–Crippen LogP) is 0.739. The number of hydrogen-bond acceptors (Lipinski definition) is 2. The second kappa shape index (κ2) is 3.56. The Kier molecular flexibility index (Phi) is 2.68. The Morgan fingerprint density at radius 3 is 2.80 bits per heavy atom. The summed E-state index contributed by atoms with van der Waals surface area (Å²) in [7, 11) is 0. The van der Waals surface area contributed by atoms with Crippen LogP contribution >= 0.6 is 0 Å². The van der Waals surface area contributed by atoms with Crippen molar-refractivity contribution in [1.82, 2.24) is 0 Å². The Morgan fingerprint density at radius 1 is 1.60 bits per heavy atom. The lowest BCUT2D eigenvalue weighted by molar-refractivity contribution is 0.163. The first kappa shape index (κ1) is 7.54. The highest BCUT2D eigenvalue weighted by atomic mass is 16.5. The first-order valence-electron chi connectivity index (χ1n) is 3.69. The molecule has 3 heteroatoms. The maximum Gasteiger partial charge on any atom is 0.117 e. The minimum Gasteiger partial charge on any atom is -0.386 e. The van der Waals surface area contributed by atoms with Crippen LogP contribution in [0.3, 0.4) is 0 Å². The minimum absolute atomic E-state index is 0.121. The third-order valence-electron chi connectivity index (χ3n) is 1.62. The van der Waals surface area contributed by atoms with Gasteiger partial charge in [0.05, 0.1) is 0 Å². The summed E-state index contributed by atoms with van der Waals surface area (Å²) in [5.74, 6) is 1.03. The molecule has 0 heterocycles. The fourth-order valence-electron chi connectivity index (χ4n) is 0.839. The molecule has 0 atom stereocenters. The van der Waals surface area contributed by atoms with E-state index in [1.54, 1.807) is 0 Å². The normalized spacial score (nSPS) is 17.2. The molecule has 1 fully saturated rings. The molecule has 0 spiro atoms. The highest BCUT2D eigenvalue weighted by Crippen LogP contribution is 2.31. The summed E-state index contributed by atoms with van der Waals surface area (Å²) in [5, 5.41) is 6.85. The monoisotopic (exact) mass is 142 g/mol. The average molecular weight is 142 g/mol. The lowest BCUT2D eigenvalue weighted by Crippen LogP contribution is -2.17. The largest absolute Gasteiger partial charge is 0.386 e. The molecule has 0 aromatic rings. The van der Waals surface area contributed by atoms with Gasteiger partial charge in [-0.1, -0.05) is 12.8 Å². The van der Waals surface area contributed by atoms with Gasteiger partial charge >= 0.3 is 0 Å². The minimum atomic E-state index is 0.121. The van der Waals surface area contributed by atoms with E-state index in [4.69, 9.17) is 15.9 Å². The van der Waals surface area contributed by atoms with Gasteiger partial charge in [-0.05, 0) is 12.3 Å². The molecule has 1 aliphatic carbocycles. The molecule has 3 N–H and O–H groups in total. The number of hydrogen-bond donors (Lipinski definition) is 2. The Hall–Kier alpha value is -0.570. The molecule has 0 aromatic carbocycles. The molecular formula is C7H14N2O. The second-order valence-electron chi connectivity index (χ2n) is 2.81. The van der Waals surface area contributed by atoms with Crippen molar-refractivity contribution < 1.29 is 4.74 Å². The van der Waals surface area contributed by atoms with Crippen molar-refractivity contribution in [2.75, 3.05) is 13.2 Å². The third kappa shape index (κ3) is 3.45. The lowest BCUT2D eigenvalue weighted by Gasteiger charge is -2.00. The van der Waals surface area contributed by atoms with E-state index in [0.717, 1.165) is 18.9 Å². The van der Waals surface area contributed by atoms with Gasteiger partial charge in [-0.3, -0.25) is 5.41 Å². The van der Waals surface area contributed by atoms with E-state index in [1.807, 2.05) is 0 Å². The number of nitrogens with one attached hydrogen (secondary N) is 1. The van der Waals surface area contributed by atoms with Crippen molar-refractivity contribution in [2.24, 2.45) is 11.7 Å². The highest BCUT2D eigenvalue weighted by molar-refractivity contribution is 5.78. The molecule has 1 aliphatic rings. The molecule has 58 valence electrons. The summed E-state index contributed by atoms with van der Waals surface area (Å²) in [6.07, 6.45) is 3.88. The Bertz CT molecular complexity index is 121. The van der Waals surface area contributed by atoms with E-state index in [0.29, 0.717) is 6.61 Å². The van der Waals surface area contributed by atoms with E-state index in [9.17, 15) is 0 Å². The first-order chi connectivity index (χ1) is 4.79. The third-order valence-corrected chi connectivity index (χ3v) is 1.62. The van der Waals surface area contributed by atoms with Crippen LogP contribution in [0.25, 0.3) is 0 Å². The number of ether oxygens (including phenoxy) is 1. The quantitative estimate of drug-likeness (QED) is 0.338. The Balaban J connectivity index is 1.80. The van der Waals surface area contributed by atoms with Gasteiger partial charge in [0.15, 0.2) is 0 Å². The van der Waals surface area contributed by atoms with Crippen LogP contribution in [-0.2, 0) is 4.74 Å². The molecular weight excluding hydrogens is 128 g/mol. The smallest absolute Gasteiger partial charge is 0.117 e. The van der Waals surface area contributed by atoms with Gasteiger partial charge in [0.1, 0.15) is 12.4 Å². The topological polar surface area (TPSA) is 59.1 Å². The molecule has 1 rings (SSSR count). The van der Waals surface area contributed by atoms with Gasteiger partial charge in [-0.2, -0.15) is 0 Å². The summed E-state index contributed by atoms with van der Waals surface area (Å²) < 4.78 is 5.10. The average Bonchev–Trinajstić information content (AvgIpc) is 2.62. The lowest BCUT2D eigenvalue weighted by atomic mass is 10.3. The van der Waals surface area contributed by atoms with Gasteiger partial charge in [0.2, 0.25) is 0 Å². The zero-order chi connectivity index (χ0) is 7.40. The highest BCUT2D eigenvalue weighted by Gasteiger charge is 2.20. The molecule has 1 saturated carbocycles. The van der Waals surface area contributed by atoms with Crippen LogP contribution < -0.4 is 5.73 Å². The molecule has 3 nitrogen and oxygen atoms in total. The second-order valence-corrected chi connectivity index (χ2v) is 2.81. The van der Waals surface area contributed by atoms with Crippen LogP contribution in [0.5, 0.6) is 0 Å². The molecule has 0 radical (unpaired) electrons. The zero-order valence-corrected chi connectivity index (χ0v) is 6.10. The summed E-state index contributed by atoms with van der Waals surface area (Å²) >= 11 is 0. The maximum absolute atomic E-state index is 6.85. The van der Waals surface area contributed by atoms with E-state index < -0.39 is 0 Å². The summed E-state index contributed by atoms with van der Waals surface area (Å²) in [6, 6.07) is 0. The number of amidine groups is 1. The van der Waals surface area contributed by atoms with Gasteiger partial charge in [0.25, 0.3) is 0 Å². The van der Waals surface area contributed by atoms with Crippen LogP contribution in [0.1, 0.15) is 19.3 Å². The van der Waals surface area contributed by atoms with Crippen LogP contribution in [0.4, 0.5) is 0 Å². The first-order valence-corrected chi connectivity index (χ1v) is 3.69. The van der Waals surface area contributed by atoms with E-state index in [2.05, 4.69) is 0 Å². The van der Waals surface area contributed by atoms with Gasteiger partial charge < -0.3 is 10.5 Å². The van der Waals surface area contributed by atoms with Crippen molar-refractivity contribution in [3.05, 3.63) is 0 Å². The molecule has 0 aliphatic heterocycles. The summed E-state index contributed by atoms with van der Waals surface area (Å²) in [4.78, 5) is 0. The molecule has 0 saturated heterocycles. The molecule has 0 unspecified atom stereocenters. The molecule has 10 heavy (non-hydrogen) atoms. The van der Waals surface area contributed by atoms with Crippen LogP contribution in [0.15, 0.2) is 0 Å². The van der Waals surface area contributed by atoms with Crippen molar-refractivity contribution in [3.8, 4) is 0 Å². The van der Waals surface area contributed by atoms with Crippen LogP contribution in [-0.4, -0.2) is 19.0 Å². The number of nitrogens with two attached hydrogens (primary N) is 1. The van der Waals surface area contributed by atoms with Gasteiger partial charge in [-0.15, -0.1) is 0 Å². The zero-order valence-electron chi connectivity index (χ0n) is 6.10. The molecule has 0 aromatic heterocycles. The van der Waals surface area contributed by atoms with Gasteiger partial charge in [-0.25, -0.2) is 0 Å². The van der Waals surface area contributed by atoms with Crippen molar-refractivity contribution in [1.29, 1.82) is 5.41 Å². The van der Waals surface area contributed by atoms with Crippen LogP contribution in [0, 0.1) is 11.3 Å². The predicted molar refractivity (Wildman–Crippen MR) is 40.1 cm³/mol. The van der Waals surface area contributed by atoms with Crippen LogP contribution in [0.2, 0.25) is 0 Å². The standard InChI is InChI=1S/C7H14N2O/c8-7(9)5-10-4-3-6-1-2-6/h6H,1-5H2,(H3,8,9). The summed E-state index contributed by atoms with van der Waals surface area (Å²) in [6.45, 7) is 1.07. The van der Waals surface area contributed by atoms with E-state index >= 15 is 0 Å². The summed E-state index contributed by atoms with van der Waals surface area (Å²) in [5.41, 5.74) is 5.08. The SMILES string of the molecule is N=C(N)COCCC1CC1. The molecule has 0 bridgehead atoms. The Morgan fingerprint density at radius 2 is 2.30 bits per heavy atom. The van der Waals surface area contributed by atoms with Crippen molar-refractivity contribution >= 4 is 5.84 Å². The number of rotatable bonds is 5. The molecule has 0 amide bonds. The maximum atomic E-state index is 6.85. The fourth-order valence-corrected chi connectivity index (χ4v) is 0.839. The van der Waals surface area contributed by atoms with Crippen molar-refractivity contribution in [3.63, 3.8) is 0 Å². The van der Waals surface area contributed by atoms with E-state index in [-0.39, 0.29) is 5.84 Å². The van der Waals surface area contributed by atoms with Crippen molar-refractivity contribution in [2.45, 2.75) is 19.3 Å². The fraction of sp³-hybridized carbons (Fsp3) is 0.857. The van der Waals surface area contributed by atoms with Gasteiger partial charge in [0, 0.05) is 6.61 Å².